The van der Waals surface area contributed by atoms with Crippen LogP contribution in [0.1, 0.15) is 78.1 Å². The number of hydrogen-bond acceptors (Lipinski definition) is 10. The van der Waals surface area contributed by atoms with Crippen molar-refractivity contribution in [2.75, 3.05) is 27.3 Å². The summed E-state index contributed by atoms with van der Waals surface area (Å²) in [7, 11) is 3.18. The van der Waals surface area contributed by atoms with Crippen molar-refractivity contribution in [1.29, 1.82) is 0 Å². The molecular weight excluding hydrogens is 769 g/mol. The molecule has 2 aromatic heterocycles. The number of nitrogens with one attached hydrogen (secondary N) is 2. The largest absolute Gasteiger partial charge is 0.508 e. The minimum atomic E-state index is -1.20. The average molecular weight is 825 g/mol. The van der Waals surface area contributed by atoms with E-state index in [0.717, 1.165) is 56.5 Å². The fourth-order valence-corrected chi connectivity index (χ4v) is 9.01. The number of nitrogens with zero attached hydrogens (tertiary/aromatic N) is 4. The van der Waals surface area contributed by atoms with Crippen molar-refractivity contribution in [3.63, 3.8) is 0 Å². The third-order valence-corrected chi connectivity index (χ3v) is 12.1. The molecule has 59 heavy (non-hydrogen) atoms. The summed E-state index contributed by atoms with van der Waals surface area (Å²) >= 11 is 0.932. The number of pyridine rings is 1. The third-order valence-electron chi connectivity index (χ3n) is 11.1. The van der Waals surface area contributed by atoms with Crippen LogP contribution in [0.25, 0.3) is 33.3 Å². The molecule has 1 saturated heterocycles. The highest BCUT2D eigenvalue weighted by Crippen LogP contribution is 2.41. The maximum atomic E-state index is 14.5. The highest BCUT2D eigenvalue weighted by molar-refractivity contribution is 7.99. The molecule has 6 rings (SSSR count). The number of rotatable bonds is 8. The van der Waals surface area contributed by atoms with Crippen molar-refractivity contribution in [1.82, 2.24) is 29.6 Å². The lowest BCUT2D eigenvalue weighted by Crippen LogP contribution is -2.64. The number of hydrogen-bond donors (Lipinski definition) is 3. The Morgan fingerprint density at radius 1 is 1.10 bits per heavy atom. The van der Waals surface area contributed by atoms with Gasteiger partial charge in [-0.1, -0.05) is 26.0 Å². The van der Waals surface area contributed by atoms with Crippen LogP contribution < -0.4 is 10.1 Å². The van der Waals surface area contributed by atoms with E-state index in [1.807, 2.05) is 18.2 Å². The number of benzene rings is 2. The Morgan fingerprint density at radius 2 is 1.86 bits per heavy atom. The summed E-state index contributed by atoms with van der Waals surface area (Å²) in [6.45, 7) is 14.3. The third kappa shape index (κ3) is 9.19. The standard InChI is InChI=1S/C45H56N6O7S/c1-10-50-37-15-14-30-23-34(37)35(40(50)33-13-11-17-46-36(33)25-57-9)24-44(5,6)26-58-43(56)45(7)16-12-18-51(48-45)42(55)38(21-29-19-31(30)22-32(53)20-29)59-47-41(54)39(27(2)3)49(8)28(4)52/h11,13-15,17,19-20,22-23,38,48,53H,10,12,16,18,21,24-26H2,1-9H3,(H,47,54)/t38-,45+/m0/s1. The number of esters is 1. The van der Waals surface area contributed by atoms with E-state index in [2.05, 4.69) is 53.7 Å². The number of amides is 3. The minimum absolute atomic E-state index is 0.0290. The Balaban J connectivity index is 1.51. The summed E-state index contributed by atoms with van der Waals surface area (Å²) < 4.78 is 16.9. The monoisotopic (exact) mass is 824 g/mol. The smallest absolute Gasteiger partial charge is 0.327 e. The molecule has 0 unspecified atom stereocenters. The summed E-state index contributed by atoms with van der Waals surface area (Å²) in [6.07, 6.45) is 3.44. The van der Waals surface area contributed by atoms with Crippen LogP contribution >= 0.6 is 11.9 Å². The Kier molecular flexibility index (Phi) is 12.9. The molecule has 2 atom stereocenters. The van der Waals surface area contributed by atoms with Gasteiger partial charge in [0.25, 0.3) is 11.8 Å². The number of carbonyl (C=O) groups excluding carboxylic acids is 4. The Bertz CT molecular complexity index is 2310. The van der Waals surface area contributed by atoms with Gasteiger partial charge in [-0.2, -0.15) is 0 Å². The van der Waals surface area contributed by atoms with Gasteiger partial charge in [0.2, 0.25) is 5.91 Å². The molecule has 4 aromatic rings. The van der Waals surface area contributed by atoms with E-state index in [0.29, 0.717) is 50.1 Å². The number of aromatic hydroxyl groups is 1. The molecule has 13 nitrogen and oxygen atoms in total. The molecule has 0 aliphatic carbocycles. The van der Waals surface area contributed by atoms with E-state index in [-0.39, 0.29) is 36.3 Å². The normalized spacial score (nSPS) is 19.5. The molecule has 0 saturated carbocycles. The number of aryl methyl sites for hydroxylation is 1. The highest BCUT2D eigenvalue weighted by Gasteiger charge is 2.43. The lowest BCUT2D eigenvalue weighted by molar-refractivity contribution is -0.161. The molecule has 1 fully saturated rings. The second-order valence-electron chi connectivity index (χ2n) is 16.7. The Hall–Kier alpha value is -5.18. The van der Waals surface area contributed by atoms with Crippen LogP contribution in [-0.4, -0.2) is 86.4 Å². The summed E-state index contributed by atoms with van der Waals surface area (Å²) in [4.78, 5) is 60.4. The van der Waals surface area contributed by atoms with Crippen LogP contribution in [0.2, 0.25) is 0 Å². The van der Waals surface area contributed by atoms with Crippen LogP contribution in [0.5, 0.6) is 5.75 Å². The summed E-state index contributed by atoms with van der Waals surface area (Å²) in [5.41, 5.74) is 9.47. The van der Waals surface area contributed by atoms with Gasteiger partial charge in [0.15, 0.2) is 0 Å². The molecule has 6 bridgehead atoms. The van der Waals surface area contributed by atoms with E-state index >= 15 is 0 Å². The maximum Gasteiger partial charge on any atom is 0.327 e. The molecule has 0 radical (unpaired) electrons. The molecule has 14 heteroatoms. The second kappa shape index (κ2) is 17.6. The maximum absolute atomic E-state index is 14.5. The van der Waals surface area contributed by atoms with Crippen LogP contribution in [0, 0.1) is 5.41 Å². The van der Waals surface area contributed by atoms with E-state index in [9.17, 15) is 24.3 Å². The fraction of sp³-hybridized carbons (Fsp3) is 0.444. The Labute approximate surface area is 350 Å². The molecular formula is C45H56N6O7S. The van der Waals surface area contributed by atoms with Crippen molar-refractivity contribution in [3.05, 3.63) is 82.8 Å². The molecule has 3 amide bonds. The lowest BCUT2D eigenvalue weighted by atomic mass is 9.84. The number of carbonyl (C=O) groups is 4. The van der Waals surface area contributed by atoms with Gasteiger partial charge < -0.3 is 24.0 Å². The SMILES string of the molecule is CCn1c(-c2cccnc2COC)c2c3cc(ccc31)-c1cc(O)cc(c1)C[C@H](SNC(=O)C(=C(C)C)N(C)C(C)=O)C(=O)N1CCC[C@@](C)(N1)C(=O)OCC(C)(C)C2. The predicted molar refractivity (Wildman–Crippen MR) is 230 cm³/mol. The number of fused-ring (bicyclic) bond motifs is 6. The van der Waals surface area contributed by atoms with Crippen LogP contribution in [-0.2, 0) is 54.6 Å². The summed E-state index contributed by atoms with van der Waals surface area (Å²) in [5.74, 6) is -1.63. The zero-order chi connectivity index (χ0) is 42.8. The minimum Gasteiger partial charge on any atom is -0.508 e. The van der Waals surface area contributed by atoms with E-state index in [1.165, 1.54) is 23.9 Å². The van der Waals surface area contributed by atoms with Crippen LogP contribution in [0.4, 0.5) is 0 Å². The molecule has 2 aliphatic heterocycles. The van der Waals surface area contributed by atoms with Gasteiger partial charge in [0, 0.05) is 62.2 Å². The lowest BCUT2D eigenvalue weighted by Gasteiger charge is -2.41. The number of methoxy groups -OCH3 is 1. The number of cyclic esters (lactones) is 1. The molecule has 4 heterocycles. The first kappa shape index (κ1) is 43.4. The van der Waals surface area contributed by atoms with Gasteiger partial charge in [-0.3, -0.25) is 29.1 Å². The van der Waals surface area contributed by atoms with Crippen LogP contribution in [0.3, 0.4) is 0 Å². The number of phenols is 1. The fourth-order valence-electron chi connectivity index (χ4n) is 8.16. The van der Waals surface area contributed by atoms with Crippen molar-refractivity contribution in [2.24, 2.45) is 5.41 Å². The number of likely N-dealkylation sites (N-methyl/N-ethyl adjacent to an activating group) is 1. The highest BCUT2D eigenvalue weighted by atomic mass is 32.2. The van der Waals surface area contributed by atoms with Gasteiger partial charge in [-0.05, 0) is 130 Å². The Morgan fingerprint density at radius 3 is 2.56 bits per heavy atom. The van der Waals surface area contributed by atoms with E-state index in [1.54, 1.807) is 46.2 Å². The average Bonchev–Trinajstić information content (AvgIpc) is 3.49. The summed E-state index contributed by atoms with van der Waals surface area (Å²) in [5, 5.41) is 12.8. The van der Waals surface area contributed by atoms with Gasteiger partial charge in [0.1, 0.15) is 22.2 Å². The van der Waals surface area contributed by atoms with Crippen LogP contribution in [0.15, 0.2) is 66.0 Å². The zero-order valence-corrected chi connectivity index (χ0v) is 36.3. The first-order valence-corrected chi connectivity index (χ1v) is 20.9. The first-order chi connectivity index (χ1) is 28.0. The summed E-state index contributed by atoms with van der Waals surface area (Å²) in [6, 6.07) is 15.6. The topological polar surface area (TPSA) is 155 Å². The molecule has 2 aromatic carbocycles. The predicted octanol–water partition coefficient (Wildman–Crippen LogP) is 6.70. The first-order valence-electron chi connectivity index (χ1n) is 20.0. The number of hydrazine groups is 1. The molecule has 314 valence electrons. The second-order valence-corrected chi connectivity index (χ2v) is 17.8. The van der Waals surface area contributed by atoms with E-state index < -0.39 is 28.1 Å². The number of ether oxygens (including phenoxy) is 2. The van der Waals surface area contributed by atoms with Gasteiger partial charge in [-0.25, -0.2) is 10.2 Å². The molecule has 0 spiro atoms. The van der Waals surface area contributed by atoms with Crippen molar-refractivity contribution in [3.8, 4) is 28.1 Å². The zero-order valence-electron chi connectivity index (χ0n) is 35.5. The molecule has 2 aliphatic rings. The quantitative estimate of drug-likeness (QED) is 0.0994. The number of allylic oxidation sites excluding steroid dienone is 1. The van der Waals surface area contributed by atoms with Crippen molar-refractivity contribution >= 4 is 46.5 Å². The molecule has 3 N–H and O–H groups in total. The van der Waals surface area contributed by atoms with Gasteiger partial charge in [0.05, 0.1) is 24.6 Å². The van der Waals surface area contributed by atoms with Gasteiger partial charge in [-0.15, -0.1) is 0 Å². The van der Waals surface area contributed by atoms with Gasteiger partial charge >= 0.3 is 5.97 Å². The van der Waals surface area contributed by atoms with Crippen molar-refractivity contribution < 1.29 is 33.8 Å². The number of phenolic OH excluding ortho intramolecular Hbond substituents is 1. The van der Waals surface area contributed by atoms with E-state index in [4.69, 9.17) is 14.5 Å². The number of aromatic nitrogens is 2. The van der Waals surface area contributed by atoms with Crippen molar-refractivity contribution in [2.45, 2.75) is 98.1 Å².